The molecule has 0 aromatic carbocycles. The average molecular weight is 254 g/mol. The van der Waals surface area contributed by atoms with Crippen LogP contribution in [0.15, 0.2) is 0 Å². The van der Waals surface area contributed by atoms with E-state index in [-0.39, 0.29) is 36.3 Å². The SMILES string of the molecule is CC(CO)C(C)NC(=O)C1CC(=O)N(C2CC2)C1. The Bertz CT molecular complexity index is 341. The molecule has 5 heteroatoms. The maximum atomic E-state index is 12.0. The fourth-order valence-corrected chi connectivity index (χ4v) is 2.29. The van der Waals surface area contributed by atoms with E-state index >= 15 is 0 Å². The molecule has 0 spiro atoms. The number of aliphatic hydroxyl groups is 1. The lowest BCUT2D eigenvalue weighted by Gasteiger charge is -2.21. The number of hydrogen-bond donors (Lipinski definition) is 2. The van der Waals surface area contributed by atoms with Crippen LogP contribution in [-0.2, 0) is 9.59 Å². The number of rotatable bonds is 5. The summed E-state index contributed by atoms with van der Waals surface area (Å²) >= 11 is 0. The molecule has 0 aromatic heterocycles. The summed E-state index contributed by atoms with van der Waals surface area (Å²) in [4.78, 5) is 25.6. The molecule has 102 valence electrons. The van der Waals surface area contributed by atoms with E-state index in [1.54, 1.807) is 0 Å². The minimum Gasteiger partial charge on any atom is -0.396 e. The van der Waals surface area contributed by atoms with E-state index in [9.17, 15) is 9.59 Å². The van der Waals surface area contributed by atoms with Gasteiger partial charge in [0.25, 0.3) is 0 Å². The largest absolute Gasteiger partial charge is 0.396 e. The number of nitrogens with one attached hydrogen (secondary N) is 1. The Morgan fingerprint density at radius 3 is 2.72 bits per heavy atom. The lowest BCUT2D eigenvalue weighted by molar-refractivity contribution is -0.129. The lowest BCUT2D eigenvalue weighted by atomic mass is 10.0. The van der Waals surface area contributed by atoms with E-state index in [1.165, 1.54) is 0 Å². The van der Waals surface area contributed by atoms with Crippen LogP contribution in [0.25, 0.3) is 0 Å². The smallest absolute Gasteiger partial charge is 0.225 e. The quantitative estimate of drug-likeness (QED) is 0.732. The molecular weight excluding hydrogens is 232 g/mol. The standard InChI is InChI=1S/C13H22N2O3/c1-8(7-16)9(2)14-13(18)10-5-12(17)15(6-10)11-3-4-11/h8-11,16H,3-7H2,1-2H3,(H,14,18). The topological polar surface area (TPSA) is 69.6 Å². The summed E-state index contributed by atoms with van der Waals surface area (Å²) in [6.07, 6.45) is 2.50. The van der Waals surface area contributed by atoms with Crippen LogP contribution < -0.4 is 5.32 Å². The first-order valence-corrected chi connectivity index (χ1v) is 6.73. The molecule has 2 fully saturated rings. The minimum atomic E-state index is -0.216. The van der Waals surface area contributed by atoms with Gasteiger partial charge in [0, 0.05) is 31.7 Å². The third kappa shape index (κ3) is 2.83. The van der Waals surface area contributed by atoms with Crippen molar-refractivity contribution in [3.8, 4) is 0 Å². The van der Waals surface area contributed by atoms with E-state index in [0.29, 0.717) is 19.0 Å². The highest BCUT2D eigenvalue weighted by Gasteiger charge is 2.41. The monoisotopic (exact) mass is 254 g/mol. The maximum absolute atomic E-state index is 12.0. The predicted molar refractivity (Wildman–Crippen MR) is 66.7 cm³/mol. The number of nitrogens with zero attached hydrogens (tertiary/aromatic N) is 1. The molecule has 5 nitrogen and oxygen atoms in total. The Labute approximate surface area is 108 Å². The molecule has 1 heterocycles. The van der Waals surface area contributed by atoms with Crippen molar-refractivity contribution < 1.29 is 14.7 Å². The first-order valence-electron chi connectivity index (χ1n) is 6.73. The summed E-state index contributed by atoms with van der Waals surface area (Å²) in [7, 11) is 0. The highest BCUT2D eigenvalue weighted by atomic mass is 16.3. The van der Waals surface area contributed by atoms with Gasteiger partial charge in [-0.1, -0.05) is 6.92 Å². The van der Waals surface area contributed by atoms with Crippen molar-refractivity contribution in [2.24, 2.45) is 11.8 Å². The van der Waals surface area contributed by atoms with Gasteiger partial charge >= 0.3 is 0 Å². The van der Waals surface area contributed by atoms with Crippen LogP contribution in [0.1, 0.15) is 33.1 Å². The van der Waals surface area contributed by atoms with Crippen LogP contribution >= 0.6 is 0 Å². The molecule has 0 bridgehead atoms. The summed E-state index contributed by atoms with van der Waals surface area (Å²) in [5, 5.41) is 11.9. The lowest BCUT2D eigenvalue weighted by Crippen LogP contribution is -2.42. The Morgan fingerprint density at radius 1 is 1.50 bits per heavy atom. The molecule has 0 radical (unpaired) electrons. The molecule has 18 heavy (non-hydrogen) atoms. The molecular formula is C13H22N2O3. The molecule has 2 amide bonds. The van der Waals surface area contributed by atoms with Crippen LogP contribution in [0, 0.1) is 11.8 Å². The third-order valence-corrected chi connectivity index (χ3v) is 4.03. The second-order valence-electron chi connectivity index (χ2n) is 5.64. The zero-order valence-electron chi connectivity index (χ0n) is 11.1. The Morgan fingerprint density at radius 2 is 2.17 bits per heavy atom. The molecule has 2 N–H and O–H groups in total. The van der Waals surface area contributed by atoms with Crippen LogP contribution in [0.4, 0.5) is 0 Å². The summed E-state index contributed by atoms with van der Waals surface area (Å²) in [6.45, 7) is 4.39. The van der Waals surface area contributed by atoms with Crippen molar-refractivity contribution in [2.45, 2.75) is 45.2 Å². The highest BCUT2D eigenvalue weighted by molar-refractivity contribution is 5.89. The van der Waals surface area contributed by atoms with Gasteiger partial charge in [-0.3, -0.25) is 9.59 Å². The number of amides is 2. The van der Waals surface area contributed by atoms with Gasteiger partial charge in [-0.15, -0.1) is 0 Å². The first kappa shape index (κ1) is 13.3. The molecule has 1 saturated heterocycles. The van der Waals surface area contributed by atoms with E-state index in [1.807, 2.05) is 18.7 Å². The maximum Gasteiger partial charge on any atom is 0.225 e. The molecule has 3 atom stereocenters. The number of likely N-dealkylation sites (tertiary alicyclic amines) is 1. The van der Waals surface area contributed by atoms with Gasteiger partial charge in [0.15, 0.2) is 0 Å². The van der Waals surface area contributed by atoms with Crippen molar-refractivity contribution in [1.82, 2.24) is 10.2 Å². The fourth-order valence-electron chi connectivity index (χ4n) is 2.29. The molecule has 2 rings (SSSR count). The van der Waals surface area contributed by atoms with Gasteiger partial charge in [0.2, 0.25) is 11.8 Å². The fraction of sp³-hybridized carbons (Fsp3) is 0.846. The Balaban J connectivity index is 1.84. The minimum absolute atomic E-state index is 0.0330. The van der Waals surface area contributed by atoms with Gasteiger partial charge in [0.1, 0.15) is 0 Å². The van der Waals surface area contributed by atoms with E-state index < -0.39 is 0 Å². The molecule has 2 aliphatic rings. The van der Waals surface area contributed by atoms with Crippen LogP contribution in [0.5, 0.6) is 0 Å². The first-order chi connectivity index (χ1) is 8.52. The van der Waals surface area contributed by atoms with Gasteiger partial charge in [-0.05, 0) is 25.7 Å². The molecule has 1 aliphatic heterocycles. The van der Waals surface area contributed by atoms with Crippen molar-refractivity contribution in [2.75, 3.05) is 13.2 Å². The van der Waals surface area contributed by atoms with Crippen LogP contribution in [0.3, 0.4) is 0 Å². The summed E-state index contributed by atoms with van der Waals surface area (Å²) in [5.74, 6) is -0.128. The number of hydrogen-bond acceptors (Lipinski definition) is 3. The van der Waals surface area contributed by atoms with E-state index in [4.69, 9.17) is 5.11 Å². The molecule has 1 saturated carbocycles. The van der Waals surface area contributed by atoms with Crippen molar-refractivity contribution >= 4 is 11.8 Å². The molecule has 3 unspecified atom stereocenters. The normalized spacial score (nSPS) is 27.2. The zero-order valence-corrected chi connectivity index (χ0v) is 11.1. The number of carbonyl (C=O) groups excluding carboxylic acids is 2. The Hall–Kier alpha value is -1.10. The summed E-state index contributed by atoms with van der Waals surface area (Å²) in [6, 6.07) is 0.330. The van der Waals surface area contributed by atoms with Gasteiger partial charge in [-0.25, -0.2) is 0 Å². The zero-order chi connectivity index (χ0) is 13.3. The average Bonchev–Trinajstić information content (AvgIpc) is 3.11. The van der Waals surface area contributed by atoms with E-state index in [2.05, 4.69) is 5.32 Å². The van der Waals surface area contributed by atoms with Crippen molar-refractivity contribution in [3.63, 3.8) is 0 Å². The van der Waals surface area contributed by atoms with E-state index in [0.717, 1.165) is 12.8 Å². The van der Waals surface area contributed by atoms with Crippen molar-refractivity contribution in [3.05, 3.63) is 0 Å². The summed E-state index contributed by atoms with van der Waals surface area (Å²) < 4.78 is 0. The van der Waals surface area contributed by atoms with Crippen LogP contribution in [-0.4, -0.2) is 47.1 Å². The molecule has 1 aliphatic carbocycles. The molecule has 0 aromatic rings. The van der Waals surface area contributed by atoms with Crippen molar-refractivity contribution in [1.29, 1.82) is 0 Å². The third-order valence-electron chi connectivity index (χ3n) is 4.03. The van der Waals surface area contributed by atoms with Gasteiger partial charge < -0.3 is 15.3 Å². The summed E-state index contributed by atoms with van der Waals surface area (Å²) in [5.41, 5.74) is 0. The number of aliphatic hydroxyl groups excluding tert-OH is 1. The Kier molecular flexibility index (Phi) is 3.90. The highest BCUT2D eigenvalue weighted by Crippen LogP contribution is 2.32. The van der Waals surface area contributed by atoms with Gasteiger partial charge in [0.05, 0.1) is 5.92 Å². The number of carbonyl (C=O) groups is 2. The predicted octanol–water partition coefficient (Wildman–Crippen LogP) is 0.130. The second kappa shape index (κ2) is 5.26. The second-order valence-corrected chi connectivity index (χ2v) is 5.64. The van der Waals surface area contributed by atoms with Crippen LogP contribution in [0.2, 0.25) is 0 Å². The van der Waals surface area contributed by atoms with Gasteiger partial charge in [-0.2, -0.15) is 0 Å².